The molecule has 0 aliphatic rings. The number of phosphoric acid groups is 2. The van der Waals surface area contributed by atoms with Crippen LogP contribution in [0.25, 0.3) is 0 Å². The third kappa shape index (κ3) is 74.5. The summed E-state index contributed by atoms with van der Waals surface area (Å²) in [5.41, 5.74) is 0. The van der Waals surface area contributed by atoms with Crippen molar-refractivity contribution in [3.63, 3.8) is 0 Å². The summed E-state index contributed by atoms with van der Waals surface area (Å²) >= 11 is 0. The number of hydrogen-bond donors (Lipinski definition) is 3. The van der Waals surface area contributed by atoms with Crippen LogP contribution in [0.2, 0.25) is 0 Å². The number of rotatable bonds is 77. The first-order valence-corrected chi connectivity index (χ1v) is 43.8. The van der Waals surface area contributed by atoms with Gasteiger partial charge in [-0.15, -0.1) is 0 Å². The molecule has 17 nitrogen and oxygen atoms in total. The highest BCUT2D eigenvalue weighted by Crippen LogP contribution is 2.45. The fraction of sp³-hybridized carbons (Fsp3) is 0.783. The van der Waals surface area contributed by atoms with Gasteiger partial charge in [0.2, 0.25) is 0 Å². The number of allylic oxidation sites excluding steroid dienone is 14. The highest BCUT2D eigenvalue weighted by atomic mass is 31.2. The van der Waals surface area contributed by atoms with E-state index in [-0.39, 0.29) is 25.7 Å². The van der Waals surface area contributed by atoms with E-state index in [1.54, 1.807) is 0 Å². The van der Waals surface area contributed by atoms with Crippen LogP contribution in [0.15, 0.2) is 85.1 Å². The van der Waals surface area contributed by atoms with Gasteiger partial charge in [0.05, 0.1) is 26.4 Å². The molecule has 592 valence electrons. The van der Waals surface area contributed by atoms with E-state index < -0.39 is 97.5 Å². The fourth-order valence-corrected chi connectivity index (χ4v) is 12.7. The van der Waals surface area contributed by atoms with Gasteiger partial charge in [0.25, 0.3) is 0 Å². The Bertz CT molecular complexity index is 2260. The minimum atomic E-state index is -4.99. The lowest BCUT2D eigenvalue weighted by Gasteiger charge is -2.21. The van der Waals surface area contributed by atoms with Crippen molar-refractivity contribution in [2.45, 2.75) is 380 Å². The second-order valence-corrected chi connectivity index (χ2v) is 30.3. The van der Waals surface area contributed by atoms with E-state index in [1.165, 1.54) is 154 Å². The molecule has 102 heavy (non-hydrogen) atoms. The van der Waals surface area contributed by atoms with Crippen molar-refractivity contribution in [2.24, 2.45) is 0 Å². The minimum absolute atomic E-state index is 0.0380. The number of esters is 4. The number of phosphoric ester groups is 2. The third-order valence-corrected chi connectivity index (χ3v) is 19.2. The first-order chi connectivity index (χ1) is 49.7. The molecule has 0 aliphatic heterocycles. The maximum absolute atomic E-state index is 13.1. The molecule has 0 saturated carbocycles. The number of aliphatic hydroxyl groups excluding tert-OH is 1. The van der Waals surface area contributed by atoms with Gasteiger partial charge in [0, 0.05) is 25.7 Å². The molecule has 0 amide bonds. The second kappa shape index (κ2) is 75.5. The summed E-state index contributed by atoms with van der Waals surface area (Å²) in [6.07, 6.45) is 78.6. The fourth-order valence-electron chi connectivity index (χ4n) is 11.1. The van der Waals surface area contributed by atoms with Gasteiger partial charge in [-0.3, -0.25) is 37.3 Å². The number of unbranched alkanes of at least 4 members (excludes halogenated alkanes) is 37. The molecule has 0 aliphatic carbocycles. The van der Waals surface area contributed by atoms with Crippen LogP contribution in [-0.2, 0) is 65.4 Å². The zero-order valence-corrected chi connectivity index (χ0v) is 66.6. The van der Waals surface area contributed by atoms with Crippen LogP contribution in [0.5, 0.6) is 0 Å². The summed E-state index contributed by atoms with van der Waals surface area (Å²) in [6.45, 7) is 4.79. The van der Waals surface area contributed by atoms with E-state index in [0.717, 1.165) is 122 Å². The van der Waals surface area contributed by atoms with Crippen LogP contribution in [0.4, 0.5) is 0 Å². The zero-order valence-electron chi connectivity index (χ0n) is 64.8. The lowest BCUT2D eigenvalue weighted by Crippen LogP contribution is -2.30. The Hall–Kier alpha value is -3.76. The molecule has 0 aromatic rings. The van der Waals surface area contributed by atoms with Crippen molar-refractivity contribution in [3.8, 4) is 0 Å². The van der Waals surface area contributed by atoms with Crippen LogP contribution in [0.3, 0.4) is 0 Å². The molecule has 0 spiro atoms. The first kappa shape index (κ1) is 98.2. The molecular formula is C83H148O17P2. The molecule has 0 aromatic carbocycles. The van der Waals surface area contributed by atoms with Gasteiger partial charge >= 0.3 is 39.5 Å². The van der Waals surface area contributed by atoms with Gasteiger partial charge in [-0.2, -0.15) is 0 Å². The number of aliphatic hydroxyl groups is 1. The molecule has 0 saturated heterocycles. The van der Waals surface area contributed by atoms with Crippen molar-refractivity contribution in [2.75, 3.05) is 39.6 Å². The van der Waals surface area contributed by atoms with E-state index in [9.17, 15) is 43.2 Å². The average molecular weight is 1480 g/mol. The van der Waals surface area contributed by atoms with Gasteiger partial charge in [-0.25, -0.2) is 9.13 Å². The van der Waals surface area contributed by atoms with Gasteiger partial charge < -0.3 is 33.8 Å². The maximum Gasteiger partial charge on any atom is 0.472 e. The number of hydrogen-bond acceptors (Lipinski definition) is 15. The molecule has 2 unspecified atom stereocenters. The topological polar surface area (TPSA) is 237 Å². The lowest BCUT2D eigenvalue weighted by molar-refractivity contribution is -0.161. The molecule has 0 bridgehead atoms. The number of carbonyl (C=O) groups is 4. The molecule has 0 heterocycles. The summed E-state index contributed by atoms with van der Waals surface area (Å²) in [5.74, 6) is -2.26. The highest BCUT2D eigenvalue weighted by molar-refractivity contribution is 7.47. The quantitative estimate of drug-likeness (QED) is 0.0169. The van der Waals surface area contributed by atoms with Crippen molar-refractivity contribution in [1.29, 1.82) is 0 Å². The summed E-state index contributed by atoms with van der Waals surface area (Å²) in [6, 6.07) is 0. The smallest absolute Gasteiger partial charge is 0.462 e. The Kier molecular flexibility index (Phi) is 72.7. The summed E-state index contributed by atoms with van der Waals surface area (Å²) in [5, 5.41) is 10.6. The number of carbonyl (C=O) groups excluding carboxylic acids is 4. The predicted molar refractivity (Wildman–Crippen MR) is 418 cm³/mol. The molecule has 0 radical (unpaired) electrons. The standard InChI is InChI=1S/C83H148O17P2/c1-5-9-13-17-21-25-29-33-36-37-38-39-42-44-48-52-56-60-64-68-81(86)94-74-79(100-83(88)70-66-62-58-54-50-46-41-35-31-27-23-19-15-11-7-3)76-98-102(91,92)96-72-77(84)71-95-101(89,90)97-75-78(73-93-80(85)67-63-59-55-51-47-43-32-28-24-20-16-12-8-4)99-82(87)69-65-61-57-53-49-45-40-34-30-26-22-18-14-10-6-2/h21,25,33-36,38-41,44,48,56,60,77-79,84H,5-20,22-24,26-32,37,42-43,45-47,49-55,57-59,61-76H2,1-4H3,(H,89,90)(H,91,92)/b25-21-,36-33-,39-38-,40-34-,41-35-,48-44-,60-56-/t77-,78+,79+/m0/s1. The normalized spacial score (nSPS) is 14.3. The van der Waals surface area contributed by atoms with Crippen molar-refractivity contribution < 1.29 is 80.2 Å². The van der Waals surface area contributed by atoms with E-state index in [4.69, 9.17) is 37.0 Å². The molecule has 5 atom stereocenters. The molecule has 19 heteroatoms. The monoisotopic (exact) mass is 1480 g/mol. The van der Waals surface area contributed by atoms with Crippen molar-refractivity contribution in [3.05, 3.63) is 85.1 Å². The van der Waals surface area contributed by atoms with Crippen LogP contribution >= 0.6 is 15.6 Å². The van der Waals surface area contributed by atoms with Gasteiger partial charge in [0.1, 0.15) is 19.3 Å². The minimum Gasteiger partial charge on any atom is -0.462 e. The summed E-state index contributed by atoms with van der Waals surface area (Å²) in [7, 11) is -9.97. The largest absolute Gasteiger partial charge is 0.472 e. The Morgan fingerprint density at radius 2 is 0.500 bits per heavy atom. The Morgan fingerprint density at radius 3 is 0.824 bits per heavy atom. The van der Waals surface area contributed by atoms with E-state index in [2.05, 4.69) is 101 Å². The lowest BCUT2D eigenvalue weighted by atomic mass is 10.0. The average Bonchev–Trinajstić information content (AvgIpc) is 0.920. The molecule has 0 fully saturated rings. The van der Waals surface area contributed by atoms with Crippen LogP contribution < -0.4 is 0 Å². The van der Waals surface area contributed by atoms with Gasteiger partial charge in [0.15, 0.2) is 12.2 Å². The zero-order chi connectivity index (χ0) is 74.6. The molecular weight excluding hydrogens is 1330 g/mol. The molecule has 0 aromatic heterocycles. The van der Waals surface area contributed by atoms with E-state index in [1.807, 2.05) is 12.2 Å². The SMILES string of the molecule is CCCCC/C=C\C/C=C\C/C=C\C/C=C\C/C=C\CCC(=O)OC[C@H](COP(=O)(O)OC[C@@H](O)COP(=O)(O)OC[C@@H](COC(=O)CCCCCCCCCCCCCCC)OC(=O)CCCCCCC/C=C\CCCCCCCC)OC(=O)CCCCCCC/C=C\CCCCCCCC. The maximum atomic E-state index is 13.1. The van der Waals surface area contributed by atoms with E-state index in [0.29, 0.717) is 32.1 Å². The van der Waals surface area contributed by atoms with Crippen LogP contribution in [-0.4, -0.2) is 96.7 Å². The first-order valence-electron chi connectivity index (χ1n) is 40.8. The van der Waals surface area contributed by atoms with E-state index >= 15 is 0 Å². The van der Waals surface area contributed by atoms with Crippen molar-refractivity contribution in [1.82, 2.24) is 0 Å². The van der Waals surface area contributed by atoms with Gasteiger partial charge in [-0.1, -0.05) is 305 Å². The summed E-state index contributed by atoms with van der Waals surface area (Å²) in [4.78, 5) is 73.0. The number of ether oxygens (including phenoxy) is 4. The predicted octanol–water partition coefficient (Wildman–Crippen LogP) is 23.8. The Morgan fingerprint density at radius 1 is 0.275 bits per heavy atom. The highest BCUT2D eigenvalue weighted by Gasteiger charge is 2.30. The third-order valence-electron chi connectivity index (χ3n) is 17.3. The second-order valence-electron chi connectivity index (χ2n) is 27.4. The molecule has 3 N–H and O–H groups in total. The van der Waals surface area contributed by atoms with Gasteiger partial charge in [-0.05, 0) is 116 Å². The van der Waals surface area contributed by atoms with Crippen LogP contribution in [0.1, 0.15) is 362 Å². The summed E-state index contributed by atoms with van der Waals surface area (Å²) < 4.78 is 68.5. The Balaban J connectivity index is 5.40. The molecule has 0 rings (SSSR count). The van der Waals surface area contributed by atoms with Crippen molar-refractivity contribution >= 4 is 39.5 Å². The van der Waals surface area contributed by atoms with Crippen LogP contribution in [0, 0.1) is 0 Å². The Labute approximate surface area is 621 Å².